The Morgan fingerprint density at radius 1 is 1.06 bits per heavy atom. The van der Waals surface area contributed by atoms with E-state index >= 15 is 0 Å². The molecule has 4 rings (SSSR count). The van der Waals surface area contributed by atoms with E-state index in [1.54, 1.807) is 18.2 Å². The van der Waals surface area contributed by atoms with Gasteiger partial charge in [0.05, 0.1) is 12.1 Å². The van der Waals surface area contributed by atoms with Crippen molar-refractivity contribution < 1.29 is 13.9 Å². The fraction of sp³-hybridized carbons (Fsp3) is 0.360. The van der Waals surface area contributed by atoms with Crippen LogP contribution in [-0.4, -0.2) is 59.3 Å². The maximum absolute atomic E-state index is 13.3. The van der Waals surface area contributed by atoms with Gasteiger partial charge >= 0.3 is 0 Å². The Kier molecular flexibility index (Phi) is 7.64. The number of thiocarbonyl (C=S) groups is 1. The topological polar surface area (TPSA) is 69.8 Å². The minimum absolute atomic E-state index is 0.179. The molecule has 2 aromatic carbocycles. The van der Waals surface area contributed by atoms with Gasteiger partial charge in [0.15, 0.2) is 16.6 Å². The highest BCUT2D eigenvalue weighted by Gasteiger charge is 2.17. The summed E-state index contributed by atoms with van der Waals surface area (Å²) in [5.41, 5.74) is 1.80. The second-order valence-corrected chi connectivity index (χ2v) is 8.48. The molecule has 0 atom stereocenters. The second-order valence-electron chi connectivity index (χ2n) is 8.09. The minimum Gasteiger partial charge on any atom is -0.486 e. The molecule has 0 aliphatic carbocycles. The predicted octanol–water partition coefficient (Wildman–Crippen LogP) is 3.98. The van der Waals surface area contributed by atoms with Gasteiger partial charge in [-0.3, -0.25) is 4.79 Å². The molecule has 0 bridgehead atoms. The highest BCUT2D eigenvalue weighted by molar-refractivity contribution is 7.80. The van der Waals surface area contributed by atoms with Crippen molar-refractivity contribution in [3.8, 4) is 11.5 Å². The molecule has 0 saturated carbocycles. The molecular weight excluding hydrogens is 455 g/mol. The predicted molar refractivity (Wildman–Crippen MR) is 136 cm³/mol. The van der Waals surface area contributed by atoms with Gasteiger partial charge in [-0.2, -0.15) is 0 Å². The summed E-state index contributed by atoms with van der Waals surface area (Å²) < 4.78 is 24.6. The van der Waals surface area contributed by atoms with Gasteiger partial charge in [-0.25, -0.2) is 4.39 Å². The molecule has 2 N–H and O–H groups in total. The summed E-state index contributed by atoms with van der Waals surface area (Å²) in [5.74, 6) is 0.991. The molecule has 1 aliphatic heterocycles. The summed E-state index contributed by atoms with van der Waals surface area (Å²) in [6.45, 7) is 8.81. The Bertz CT molecular complexity index is 1210. The van der Waals surface area contributed by atoms with Crippen LogP contribution >= 0.6 is 12.2 Å². The standard InChI is InChI=1S/C25H29FN4O3S/c1-3-29(4-2)9-10-30(25(34)27-20-7-5-19(26)6-8-20)16-18-13-17-14-22-23(33-12-11-32-22)15-21(17)28-24(18)31/h5-8,13-15H,3-4,9-12,16H2,1-2H3,(H,27,34)(H,28,31). The number of nitrogens with one attached hydrogen (secondary N) is 2. The highest BCUT2D eigenvalue weighted by atomic mass is 32.1. The number of aromatic amines is 1. The molecule has 3 aromatic rings. The number of fused-ring (bicyclic) bond motifs is 2. The van der Waals surface area contributed by atoms with Crippen molar-refractivity contribution in [2.75, 3.05) is 44.7 Å². The van der Waals surface area contributed by atoms with Crippen LogP contribution in [0.15, 0.2) is 47.3 Å². The molecule has 0 radical (unpaired) electrons. The number of H-pyrrole nitrogens is 1. The van der Waals surface area contributed by atoms with E-state index in [1.165, 1.54) is 12.1 Å². The first-order chi connectivity index (χ1) is 16.5. The highest BCUT2D eigenvalue weighted by Crippen LogP contribution is 2.33. The lowest BCUT2D eigenvalue weighted by Crippen LogP contribution is -2.41. The molecule has 2 heterocycles. The van der Waals surface area contributed by atoms with Crippen molar-refractivity contribution in [2.45, 2.75) is 20.4 Å². The Hall–Kier alpha value is -3.17. The Labute approximate surface area is 203 Å². The minimum atomic E-state index is -0.311. The molecule has 7 nitrogen and oxygen atoms in total. The smallest absolute Gasteiger partial charge is 0.253 e. The Morgan fingerprint density at radius 2 is 1.74 bits per heavy atom. The average molecular weight is 485 g/mol. The summed E-state index contributed by atoms with van der Waals surface area (Å²) in [6, 6.07) is 11.6. The van der Waals surface area contributed by atoms with Gasteiger partial charge < -0.3 is 29.6 Å². The van der Waals surface area contributed by atoms with E-state index in [9.17, 15) is 9.18 Å². The first-order valence-corrected chi connectivity index (χ1v) is 11.9. The molecule has 1 aromatic heterocycles. The second kappa shape index (κ2) is 10.8. The van der Waals surface area contributed by atoms with Crippen LogP contribution in [0.25, 0.3) is 10.9 Å². The fourth-order valence-corrected chi connectivity index (χ4v) is 4.17. The van der Waals surface area contributed by atoms with Crippen LogP contribution < -0.4 is 20.3 Å². The van der Waals surface area contributed by atoms with E-state index in [0.717, 1.165) is 25.0 Å². The van der Waals surface area contributed by atoms with E-state index in [0.29, 0.717) is 59.7 Å². The molecule has 1 aliphatic rings. The SMILES string of the molecule is CCN(CC)CCN(Cc1cc2cc3c(cc2[nH]c1=O)OCCO3)C(=S)Nc1ccc(F)cc1. The van der Waals surface area contributed by atoms with Crippen molar-refractivity contribution in [3.05, 3.63) is 64.2 Å². The van der Waals surface area contributed by atoms with Crippen LogP contribution in [0.5, 0.6) is 11.5 Å². The largest absolute Gasteiger partial charge is 0.486 e. The number of aromatic nitrogens is 1. The van der Waals surface area contributed by atoms with Gasteiger partial charge in [-0.1, -0.05) is 13.8 Å². The number of benzene rings is 2. The lowest BCUT2D eigenvalue weighted by Gasteiger charge is -2.29. The molecule has 0 amide bonds. The quantitative estimate of drug-likeness (QED) is 0.469. The molecular formula is C25H29FN4O3S. The third-order valence-electron chi connectivity index (χ3n) is 5.91. The Morgan fingerprint density at radius 3 is 2.41 bits per heavy atom. The number of ether oxygens (including phenoxy) is 2. The van der Waals surface area contributed by atoms with Gasteiger partial charge in [0.2, 0.25) is 0 Å². The van der Waals surface area contributed by atoms with Crippen molar-refractivity contribution >= 4 is 33.9 Å². The molecule has 34 heavy (non-hydrogen) atoms. The summed E-state index contributed by atoms with van der Waals surface area (Å²) in [5, 5.41) is 4.50. The molecule has 180 valence electrons. The van der Waals surface area contributed by atoms with Crippen molar-refractivity contribution in [1.29, 1.82) is 0 Å². The zero-order valence-electron chi connectivity index (χ0n) is 19.4. The normalized spacial score (nSPS) is 12.7. The molecule has 0 spiro atoms. The molecule has 0 fully saturated rings. The lowest BCUT2D eigenvalue weighted by atomic mass is 10.1. The number of anilines is 1. The fourth-order valence-electron chi connectivity index (χ4n) is 3.90. The summed E-state index contributed by atoms with van der Waals surface area (Å²) >= 11 is 5.69. The number of nitrogens with zero attached hydrogens (tertiary/aromatic N) is 2. The maximum Gasteiger partial charge on any atom is 0.253 e. The summed E-state index contributed by atoms with van der Waals surface area (Å²) in [7, 11) is 0. The third kappa shape index (κ3) is 5.66. The monoisotopic (exact) mass is 484 g/mol. The zero-order chi connectivity index (χ0) is 24.1. The van der Waals surface area contributed by atoms with Crippen LogP contribution in [0.1, 0.15) is 19.4 Å². The number of rotatable bonds is 8. The Balaban J connectivity index is 1.59. The van der Waals surface area contributed by atoms with Crippen LogP contribution in [0.3, 0.4) is 0 Å². The van der Waals surface area contributed by atoms with Crippen LogP contribution in [0.4, 0.5) is 10.1 Å². The van der Waals surface area contributed by atoms with Crippen molar-refractivity contribution in [3.63, 3.8) is 0 Å². The maximum atomic E-state index is 13.3. The van der Waals surface area contributed by atoms with Gasteiger partial charge in [0.25, 0.3) is 5.56 Å². The molecule has 0 saturated heterocycles. The van der Waals surface area contributed by atoms with Gasteiger partial charge in [-0.05, 0) is 61.7 Å². The lowest BCUT2D eigenvalue weighted by molar-refractivity contribution is 0.172. The third-order valence-corrected chi connectivity index (χ3v) is 6.27. The van der Waals surface area contributed by atoms with Gasteiger partial charge in [-0.15, -0.1) is 0 Å². The van der Waals surface area contributed by atoms with E-state index < -0.39 is 0 Å². The van der Waals surface area contributed by atoms with Crippen LogP contribution in [-0.2, 0) is 6.54 Å². The van der Waals surface area contributed by atoms with Crippen LogP contribution in [0, 0.1) is 5.82 Å². The van der Waals surface area contributed by atoms with Gasteiger partial charge in [0.1, 0.15) is 19.0 Å². The summed E-state index contributed by atoms with van der Waals surface area (Å²) in [4.78, 5) is 20.2. The number of halogens is 1. The number of hydrogen-bond acceptors (Lipinski definition) is 5. The van der Waals surface area contributed by atoms with E-state index in [2.05, 4.69) is 29.0 Å². The first kappa shape index (κ1) is 24.0. The average Bonchev–Trinajstić information content (AvgIpc) is 2.84. The number of likely N-dealkylation sites (N-methyl/N-ethyl adjacent to an activating group) is 1. The number of pyridine rings is 1. The van der Waals surface area contributed by atoms with Gasteiger partial charge in [0, 0.05) is 35.8 Å². The molecule has 0 unspecified atom stereocenters. The van der Waals surface area contributed by atoms with Crippen molar-refractivity contribution in [1.82, 2.24) is 14.8 Å². The molecule has 9 heteroatoms. The van der Waals surface area contributed by atoms with Crippen molar-refractivity contribution in [2.24, 2.45) is 0 Å². The van der Waals surface area contributed by atoms with E-state index in [1.807, 2.05) is 17.0 Å². The van der Waals surface area contributed by atoms with E-state index in [4.69, 9.17) is 21.7 Å². The first-order valence-electron chi connectivity index (χ1n) is 11.5. The summed E-state index contributed by atoms with van der Waals surface area (Å²) in [6.07, 6.45) is 0. The van der Waals surface area contributed by atoms with Crippen LogP contribution in [0.2, 0.25) is 0 Å². The zero-order valence-corrected chi connectivity index (χ0v) is 20.2. The number of hydrogen-bond donors (Lipinski definition) is 2. The van der Waals surface area contributed by atoms with E-state index in [-0.39, 0.29) is 11.4 Å².